The van der Waals surface area contributed by atoms with Crippen molar-refractivity contribution in [3.63, 3.8) is 0 Å². The number of aliphatic carboxylic acids is 1. The summed E-state index contributed by atoms with van der Waals surface area (Å²) in [5, 5.41) is 17.5. The Labute approximate surface area is 225 Å². The molecule has 0 saturated carbocycles. The minimum Gasteiger partial charge on any atom is -0.479 e. The third-order valence-corrected chi connectivity index (χ3v) is 7.07. The van der Waals surface area contributed by atoms with Gasteiger partial charge < -0.3 is 30.9 Å². The molecule has 4 N–H and O–H groups in total. The third kappa shape index (κ3) is 9.64. The number of nitrogens with one attached hydrogen (secondary N) is 3. The summed E-state index contributed by atoms with van der Waals surface area (Å²) in [6, 6.07) is -2.79. The number of amides is 5. The van der Waals surface area contributed by atoms with Crippen LogP contribution >= 0.6 is 0 Å². The number of hydrogen-bond donors (Lipinski definition) is 4. The van der Waals surface area contributed by atoms with E-state index in [-0.39, 0.29) is 23.9 Å². The van der Waals surface area contributed by atoms with Crippen LogP contribution in [-0.2, 0) is 19.2 Å². The van der Waals surface area contributed by atoms with Crippen LogP contribution < -0.4 is 16.0 Å². The Morgan fingerprint density at radius 1 is 1.11 bits per heavy atom. The summed E-state index contributed by atoms with van der Waals surface area (Å²) in [7, 11) is 0. The summed E-state index contributed by atoms with van der Waals surface area (Å²) >= 11 is 0. The summed E-state index contributed by atoms with van der Waals surface area (Å²) in [5.74, 6) is -2.02. The van der Waals surface area contributed by atoms with Gasteiger partial charge in [0, 0.05) is 26.1 Å². The average Bonchev–Trinajstić information content (AvgIpc) is 3.50. The Hall–Kier alpha value is -3.11. The number of likely N-dealkylation sites (tertiary alicyclic amines) is 2. The lowest BCUT2D eigenvalue weighted by Gasteiger charge is -2.34. The number of carboxylic acid groups (broad SMARTS) is 1. The van der Waals surface area contributed by atoms with Gasteiger partial charge in [-0.3, -0.25) is 14.4 Å². The summed E-state index contributed by atoms with van der Waals surface area (Å²) in [6.45, 7) is 9.13. The first kappa shape index (κ1) is 31.1. The Bertz CT molecular complexity index is 884. The molecule has 1 unspecified atom stereocenters. The van der Waals surface area contributed by atoms with E-state index < -0.39 is 35.9 Å². The molecule has 214 valence electrons. The van der Waals surface area contributed by atoms with Gasteiger partial charge in [-0.1, -0.05) is 52.7 Å². The van der Waals surface area contributed by atoms with Gasteiger partial charge in [0.05, 0.1) is 12.6 Å². The molecule has 0 aromatic heterocycles. The zero-order chi connectivity index (χ0) is 28.3. The van der Waals surface area contributed by atoms with E-state index in [1.165, 1.54) is 11.0 Å². The van der Waals surface area contributed by atoms with Crippen molar-refractivity contribution in [2.45, 2.75) is 97.2 Å². The summed E-state index contributed by atoms with van der Waals surface area (Å²) < 4.78 is 0. The number of urea groups is 1. The number of allylic oxidation sites excluding steroid dienone is 1. The zero-order valence-corrected chi connectivity index (χ0v) is 23.3. The molecular weight excluding hydrogens is 490 g/mol. The molecule has 2 fully saturated rings. The molecule has 2 aliphatic heterocycles. The van der Waals surface area contributed by atoms with Crippen LogP contribution in [0.15, 0.2) is 12.2 Å². The maximum atomic E-state index is 12.9. The average molecular weight is 536 g/mol. The SMILES string of the molecule is CCCCC/C=C\C(NC(=O)[C@@H]1CCCN1C(=O)CNC(=O)N[C@H](CN1CCCC1=O)C(C)(C)C)C(=O)O. The number of carboxylic acids is 1. The van der Waals surface area contributed by atoms with Gasteiger partial charge in [0.15, 0.2) is 0 Å². The van der Waals surface area contributed by atoms with Crippen LogP contribution in [0.3, 0.4) is 0 Å². The molecule has 0 aromatic carbocycles. The second-order valence-corrected chi connectivity index (χ2v) is 11.2. The van der Waals surface area contributed by atoms with Crippen molar-refractivity contribution in [3.8, 4) is 0 Å². The molecule has 3 atom stereocenters. The maximum absolute atomic E-state index is 12.9. The molecule has 5 amide bonds. The first-order chi connectivity index (χ1) is 17.9. The Balaban J connectivity index is 1.89. The standard InChI is InChI=1S/C27H45N5O6/c1-5-6-7-8-9-12-19(25(36)37)29-24(35)20-13-10-16-32(20)23(34)17-28-26(38)30-21(27(2,3)4)18-31-15-11-14-22(31)33/h9,12,19-21H,5-8,10-11,13-18H2,1-4H3,(H,29,35)(H,36,37)(H2,28,30,38)/b12-9-/t19?,20-,21+/m0/s1. The molecular formula is C27H45N5O6. The predicted octanol–water partition coefficient (Wildman–Crippen LogP) is 2.02. The van der Waals surface area contributed by atoms with Crippen LogP contribution in [0.5, 0.6) is 0 Å². The molecule has 0 radical (unpaired) electrons. The third-order valence-electron chi connectivity index (χ3n) is 7.07. The number of hydrogen-bond acceptors (Lipinski definition) is 5. The van der Waals surface area contributed by atoms with Crippen LogP contribution in [0.4, 0.5) is 4.79 Å². The summed E-state index contributed by atoms with van der Waals surface area (Å²) in [4.78, 5) is 65.2. The Morgan fingerprint density at radius 2 is 1.84 bits per heavy atom. The number of carbonyl (C=O) groups excluding carboxylic acids is 4. The number of unbranched alkanes of at least 4 members (excludes halogenated alkanes) is 3. The minimum absolute atomic E-state index is 0.0760. The number of carbonyl (C=O) groups is 5. The maximum Gasteiger partial charge on any atom is 0.330 e. The Morgan fingerprint density at radius 3 is 2.45 bits per heavy atom. The van der Waals surface area contributed by atoms with Crippen molar-refractivity contribution in [2.24, 2.45) is 5.41 Å². The van der Waals surface area contributed by atoms with Crippen LogP contribution in [0, 0.1) is 5.41 Å². The molecule has 2 aliphatic rings. The van der Waals surface area contributed by atoms with Gasteiger partial charge in [-0.05, 0) is 37.5 Å². The highest BCUT2D eigenvalue weighted by Gasteiger charge is 2.36. The molecule has 11 heteroatoms. The van der Waals surface area contributed by atoms with E-state index in [0.717, 1.165) is 32.1 Å². The number of nitrogens with zero attached hydrogens (tertiary/aromatic N) is 2. The van der Waals surface area contributed by atoms with Crippen LogP contribution in [0.1, 0.15) is 79.1 Å². The van der Waals surface area contributed by atoms with E-state index in [1.54, 1.807) is 11.0 Å². The van der Waals surface area contributed by atoms with Crippen molar-refractivity contribution in [2.75, 3.05) is 26.2 Å². The molecule has 0 aromatic rings. The highest BCUT2D eigenvalue weighted by atomic mass is 16.4. The second-order valence-electron chi connectivity index (χ2n) is 11.2. The molecule has 2 saturated heterocycles. The highest BCUT2D eigenvalue weighted by Crippen LogP contribution is 2.22. The fourth-order valence-corrected chi connectivity index (χ4v) is 4.64. The lowest BCUT2D eigenvalue weighted by molar-refractivity contribution is -0.142. The van der Waals surface area contributed by atoms with Crippen molar-refractivity contribution < 1.29 is 29.1 Å². The normalized spacial score (nSPS) is 19.5. The zero-order valence-electron chi connectivity index (χ0n) is 23.3. The fraction of sp³-hybridized carbons (Fsp3) is 0.741. The molecule has 11 nitrogen and oxygen atoms in total. The first-order valence-corrected chi connectivity index (χ1v) is 13.8. The molecule has 0 aliphatic carbocycles. The number of rotatable bonds is 13. The summed E-state index contributed by atoms with van der Waals surface area (Å²) in [6.07, 6.45) is 9.40. The minimum atomic E-state index is -1.16. The fourth-order valence-electron chi connectivity index (χ4n) is 4.64. The molecule has 2 rings (SSSR count). The van der Waals surface area contributed by atoms with Crippen LogP contribution in [0.25, 0.3) is 0 Å². The van der Waals surface area contributed by atoms with Crippen LogP contribution in [0.2, 0.25) is 0 Å². The van der Waals surface area contributed by atoms with E-state index in [2.05, 4.69) is 22.9 Å². The van der Waals surface area contributed by atoms with E-state index in [0.29, 0.717) is 38.9 Å². The topological polar surface area (TPSA) is 148 Å². The second kappa shape index (κ2) is 14.7. The van der Waals surface area contributed by atoms with Gasteiger partial charge in [0.25, 0.3) is 0 Å². The van der Waals surface area contributed by atoms with E-state index in [4.69, 9.17) is 0 Å². The van der Waals surface area contributed by atoms with Crippen molar-refractivity contribution in [3.05, 3.63) is 12.2 Å². The van der Waals surface area contributed by atoms with Gasteiger partial charge in [0.1, 0.15) is 12.1 Å². The smallest absolute Gasteiger partial charge is 0.330 e. The van der Waals surface area contributed by atoms with Crippen LogP contribution in [-0.4, -0.2) is 88.9 Å². The molecule has 38 heavy (non-hydrogen) atoms. The quantitative estimate of drug-likeness (QED) is 0.209. The Kier molecular flexibility index (Phi) is 12.1. The first-order valence-electron chi connectivity index (χ1n) is 13.8. The van der Waals surface area contributed by atoms with E-state index in [9.17, 15) is 29.1 Å². The lowest BCUT2D eigenvalue weighted by Crippen LogP contribution is -2.55. The summed E-state index contributed by atoms with van der Waals surface area (Å²) in [5.41, 5.74) is -0.312. The lowest BCUT2D eigenvalue weighted by atomic mass is 9.86. The van der Waals surface area contributed by atoms with E-state index >= 15 is 0 Å². The highest BCUT2D eigenvalue weighted by molar-refractivity contribution is 5.92. The molecule has 2 heterocycles. The van der Waals surface area contributed by atoms with Gasteiger partial charge in [-0.15, -0.1) is 0 Å². The van der Waals surface area contributed by atoms with Crippen molar-refractivity contribution >= 4 is 29.7 Å². The largest absolute Gasteiger partial charge is 0.479 e. The van der Waals surface area contributed by atoms with E-state index in [1.807, 2.05) is 20.8 Å². The van der Waals surface area contributed by atoms with Gasteiger partial charge >= 0.3 is 12.0 Å². The van der Waals surface area contributed by atoms with Gasteiger partial charge in [0.2, 0.25) is 17.7 Å². The monoisotopic (exact) mass is 535 g/mol. The van der Waals surface area contributed by atoms with Gasteiger partial charge in [-0.25, -0.2) is 9.59 Å². The van der Waals surface area contributed by atoms with Gasteiger partial charge in [-0.2, -0.15) is 0 Å². The molecule has 0 spiro atoms. The van der Waals surface area contributed by atoms with Crippen molar-refractivity contribution in [1.82, 2.24) is 25.8 Å². The predicted molar refractivity (Wildman–Crippen MR) is 143 cm³/mol. The van der Waals surface area contributed by atoms with Crippen molar-refractivity contribution in [1.29, 1.82) is 0 Å². The molecule has 0 bridgehead atoms.